The first-order valence-electron chi connectivity index (χ1n) is 8.13. The Kier molecular flexibility index (Phi) is 4.75. The van der Waals surface area contributed by atoms with E-state index in [9.17, 15) is 9.59 Å². The van der Waals surface area contributed by atoms with Gasteiger partial charge in [-0.1, -0.05) is 60.2 Å². The van der Waals surface area contributed by atoms with Crippen molar-refractivity contribution < 1.29 is 9.59 Å². The van der Waals surface area contributed by atoms with Gasteiger partial charge in [-0.25, -0.2) is 0 Å². The maximum atomic E-state index is 12.7. The van der Waals surface area contributed by atoms with Crippen molar-refractivity contribution in [3.63, 3.8) is 0 Å². The summed E-state index contributed by atoms with van der Waals surface area (Å²) in [4.78, 5) is 25.4. The van der Waals surface area contributed by atoms with Crippen molar-refractivity contribution in [1.82, 2.24) is 0 Å². The van der Waals surface area contributed by atoms with Crippen molar-refractivity contribution in [2.24, 2.45) is 0 Å². The number of benzene rings is 3. The average molecular weight is 329 g/mol. The van der Waals surface area contributed by atoms with Gasteiger partial charge in [-0.15, -0.1) is 0 Å². The number of carbonyl (C=O) groups is 2. The monoisotopic (exact) mass is 329 g/mol. The van der Waals surface area contributed by atoms with Crippen LogP contribution in [0.1, 0.15) is 37.4 Å². The maximum absolute atomic E-state index is 12.7. The third-order valence-electron chi connectivity index (χ3n) is 4.08. The third-order valence-corrected chi connectivity index (χ3v) is 4.08. The Morgan fingerprint density at radius 2 is 1.44 bits per heavy atom. The molecule has 25 heavy (non-hydrogen) atoms. The Hall–Kier alpha value is -3.20. The minimum absolute atomic E-state index is 0.114. The van der Waals surface area contributed by atoms with Crippen molar-refractivity contribution in [2.45, 2.75) is 13.8 Å². The van der Waals surface area contributed by atoms with Crippen LogP contribution in [0.25, 0.3) is 0 Å². The predicted molar refractivity (Wildman–Crippen MR) is 100 cm³/mol. The Morgan fingerprint density at radius 3 is 2.16 bits per heavy atom. The van der Waals surface area contributed by atoms with Gasteiger partial charge in [0, 0.05) is 16.7 Å². The zero-order chi connectivity index (χ0) is 17.8. The summed E-state index contributed by atoms with van der Waals surface area (Å²) in [5.74, 6) is -0.331. The normalized spacial score (nSPS) is 10.3. The van der Waals surface area contributed by atoms with Crippen LogP contribution in [0.2, 0.25) is 0 Å². The molecule has 0 aromatic heterocycles. The van der Waals surface area contributed by atoms with Crippen LogP contribution in [0.5, 0.6) is 0 Å². The minimum atomic E-state index is -0.217. The molecule has 1 N–H and O–H groups in total. The summed E-state index contributed by atoms with van der Waals surface area (Å²) in [6.07, 6.45) is 0. The number of hydrogen-bond donors (Lipinski definition) is 1. The Morgan fingerprint density at radius 1 is 0.760 bits per heavy atom. The van der Waals surface area contributed by atoms with Gasteiger partial charge in [0.15, 0.2) is 5.78 Å². The molecule has 0 unspecified atom stereocenters. The van der Waals surface area contributed by atoms with E-state index in [1.807, 2.05) is 50.2 Å². The van der Waals surface area contributed by atoms with Crippen LogP contribution in [0.3, 0.4) is 0 Å². The van der Waals surface area contributed by atoms with Gasteiger partial charge in [0.1, 0.15) is 0 Å². The first kappa shape index (κ1) is 16.7. The highest BCUT2D eigenvalue weighted by Crippen LogP contribution is 2.21. The smallest absolute Gasteiger partial charge is 0.255 e. The molecule has 0 bridgehead atoms. The number of ketones is 1. The van der Waals surface area contributed by atoms with Gasteiger partial charge in [-0.05, 0) is 37.6 Å². The molecule has 0 saturated heterocycles. The molecule has 1 amide bonds. The van der Waals surface area contributed by atoms with E-state index in [2.05, 4.69) is 5.32 Å². The first-order chi connectivity index (χ1) is 12.1. The van der Waals surface area contributed by atoms with E-state index in [-0.39, 0.29) is 11.7 Å². The number of amides is 1. The second kappa shape index (κ2) is 7.14. The highest BCUT2D eigenvalue weighted by Gasteiger charge is 2.16. The number of para-hydroxylation sites is 1. The predicted octanol–water partition coefficient (Wildman–Crippen LogP) is 4.79. The van der Waals surface area contributed by atoms with Gasteiger partial charge in [0.25, 0.3) is 5.91 Å². The molecule has 0 fully saturated rings. The van der Waals surface area contributed by atoms with E-state index >= 15 is 0 Å². The Balaban J connectivity index is 1.91. The fourth-order valence-electron chi connectivity index (χ4n) is 2.79. The van der Waals surface area contributed by atoms with Crippen LogP contribution < -0.4 is 5.32 Å². The van der Waals surface area contributed by atoms with Crippen molar-refractivity contribution in [2.75, 3.05) is 5.32 Å². The van der Waals surface area contributed by atoms with Gasteiger partial charge < -0.3 is 5.32 Å². The van der Waals surface area contributed by atoms with E-state index in [1.54, 1.807) is 36.4 Å². The SMILES string of the molecule is Cc1ccc(C(=O)Nc2ccccc2C(=O)c2ccccc2)c(C)c1. The number of carbonyl (C=O) groups excluding carboxylic acids is 2. The zero-order valence-electron chi connectivity index (χ0n) is 14.2. The molecule has 3 aromatic rings. The standard InChI is InChI=1S/C22H19NO2/c1-15-12-13-18(16(2)14-15)22(25)23-20-11-7-6-10-19(20)21(24)17-8-4-3-5-9-17/h3-14H,1-2H3,(H,23,25). The summed E-state index contributed by atoms with van der Waals surface area (Å²) in [5.41, 5.74) is 4.20. The lowest BCUT2D eigenvalue weighted by molar-refractivity contribution is 0.102. The molecule has 0 heterocycles. The molecule has 0 aliphatic rings. The lowest BCUT2D eigenvalue weighted by Gasteiger charge is -2.12. The van der Waals surface area contributed by atoms with E-state index in [0.717, 1.165) is 11.1 Å². The van der Waals surface area contributed by atoms with Gasteiger partial charge in [-0.3, -0.25) is 9.59 Å². The highest BCUT2D eigenvalue weighted by molar-refractivity contribution is 6.15. The van der Waals surface area contributed by atoms with Crippen LogP contribution in [-0.4, -0.2) is 11.7 Å². The van der Waals surface area contributed by atoms with Gasteiger partial charge in [-0.2, -0.15) is 0 Å². The summed E-state index contributed by atoms with van der Waals surface area (Å²) in [6, 6.07) is 21.8. The quantitative estimate of drug-likeness (QED) is 0.700. The second-order valence-corrected chi connectivity index (χ2v) is 6.01. The lowest BCUT2D eigenvalue weighted by atomic mass is 10.0. The third kappa shape index (κ3) is 3.66. The summed E-state index contributed by atoms with van der Waals surface area (Å²) in [5, 5.41) is 2.88. The molecule has 0 aliphatic carbocycles. The van der Waals surface area contributed by atoms with Crippen LogP contribution in [-0.2, 0) is 0 Å². The van der Waals surface area contributed by atoms with Crippen LogP contribution >= 0.6 is 0 Å². The average Bonchev–Trinajstić information content (AvgIpc) is 2.62. The maximum Gasteiger partial charge on any atom is 0.255 e. The molecule has 3 aromatic carbocycles. The second-order valence-electron chi connectivity index (χ2n) is 6.01. The molecule has 3 nitrogen and oxygen atoms in total. The molecule has 0 aliphatic heterocycles. The number of nitrogens with one attached hydrogen (secondary N) is 1. The van der Waals surface area contributed by atoms with Crippen molar-refractivity contribution in [3.05, 3.63) is 101 Å². The van der Waals surface area contributed by atoms with Gasteiger partial charge in [0.2, 0.25) is 0 Å². The Bertz CT molecular complexity index is 930. The molecule has 0 atom stereocenters. The molecule has 0 spiro atoms. The first-order valence-corrected chi connectivity index (χ1v) is 8.13. The number of rotatable bonds is 4. The Labute approximate surface area is 147 Å². The summed E-state index contributed by atoms with van der Waals surface area (Å²) in [7, 11) is 0. The number of anilines is 1. The molecular formula is C22H19NO2. The lowest BCUT2D eigenvalue weighted by Crippen LogP contribution is -2.16. The summed E-state index contributed by atoms with van der Waals surface area (Å²) < 4.78 is 0. The highest BCUT2D eigenvalue weighted by atomic mass is 16.1. The van der Waals surface area contributed by atoms with E-state index in [0.29, 0.717) is 22.4 Å². The number of aryl methyl sites for hydroxylation is 2. The zero-order valence-corrected chi connectivity index (χ0v) is 14.2. The van der Waals surface area contributed by atoms with Crippen molar-refractivity contribution >= 4 is 17.4 Å². The molecule has 3 heteroatoms. The molecular weight excluding hydrogens is 310 g/mol. The van der Waals surface area contributed by atoms with Gasteiger partial charge >= 0.3 is 0 Å². The van der Waals surface area contributed by atoms with Crippen molar-refractivity contribution in [1.29, 1.82) is 0 Å². The molecule has 0 saturated carbocycles. The van der Waals surface area contributed by atoms with Crippen molar-refractivity contribution in [3.8, 4) is 0 Å². The van der Waals surface area contributed by atoms with Crippen LogP contribution in [0.4, 0.5) is 5.69 Å². The van der Waals surface area contributed by atoms with Crippen LogP contribution in [0, 0.1) is 13.8 Å². The molecule has 0 radical (unpaired) electrons. The van der Waals surface area contributed by atoms with E-state index in [4.69, 9.17) is 0 Å². The minimum Gasteiger partial charge on any atom is -0.321 e. The molecule has 124 valence electrons. The number of hydrogen-bond acceptors (Lipinski definition) is 2. The fourth-order valence-corrected chi connectivity index (χ4v) is 2.79. The summed E-state index contributed by atoms with van der Waals surface area (Å²) >= 11 is 0. The van der Waals surface area contributed by atoms with E-state index < -0.39 is 0 Å². The van der Waals surface area contributed by atoms with E-state index in [1.165, 1.54) is 0 Å². The van der Waals surface area contributed by atoms with Crippen LogP contribution in [0.15, 0.2) is 72.8 Å². The largest absolute Gasteiger partial charge is 0.321 e. The molecule has 3 rings (SSSR count). The summed E-state index contributed by atoms with van der Waals surface area (Å²) in [6.45, 7) is 3.89. The van der Waals surface area contributed by atoms with Gasteiger partial charge in [0.05, 0.1) is 5.69 Å². The fraction of sp³-hybridized carbons (Fsp3) is 0.0909. The topological polar surface area (TPSA) is 46.2 Å².